The molecule has 0 aliphatic rings. The molecule has 0 fully saturated rings. The summed E-state index contributed by atoms with van der Waals surface area (Å²) in [4.78, 5) is 11.3. The average molecular weight is 196 g/mol. The summed E-state index contributed by atoms with van der Waals surface area (Å²) in [6.07, 6.45) is 1.66. The average Bonchev–Trinajstić information content (AvgIpc) is 2.44. The van der Waals surface area contributed by atoms with Crippen LogP contribution in [0.25, 0.3) is 0 Å². The Bertz CT molecular complexity index is 330. The number of rotatable bonds is 3. The zero-order valence-electron chi connectivity index (χ0n) is 8.74. The molecule has 1 amide bonds. The number of anilines is 1. The van der Waals surface area contributed by atoms with Crippen LogP contribution in [0.5, 0.6) is 0 Å². The molecule has 0 aromatic carbocycles. The third kappa shape index (κ3) is 2.25. The highest BCUT2D eigenvalue weighted by atomic mass is 16.1. The van der Waals surface area contributed by atoms with E-state index in [1.165, 1.54) is 0 Å². The summed E-state index contributed by atoms with van der Waals surface area (Å²) in [6.45, 7) is 4.14. The third-order valence-corrected chi connectivity index (χ3v) is 2.04. The van der Waals surface area contributed by atoms with E-state index >= 15 is 0 Å². The van der Waals surface area contributed by atoms with E-state index in [1.807, 2.05) is 13.8 Å². The zero-order chi connectivity index (χ0) is 10.7. The van der Waals surface area contributed by atoms with E-state index in [0.717, 1.165) is 5.56 Å². The highest BCUT2D eigenvalue weighted by Gasteiger charge is 2.08. The second-order valence-corrected chi connectivity index (χ2v) is 3.55. The van der Waals surface area contributed by atoms with Gasteiger partial charge in [0.05, 0.1) is 6.20 Å². The van der Waals surface area contributed by atoms with Gasteiger partial charge in [-0.15, -0.1) is 0 Å². The molecule has 0 spiro atoms. The van der Waals surface area contributed by atoms with Crippen LogP contribution in [0, 0.1) is 5.92 Å². The summed E-state index contributed by atoms with van der Waals surface area (Å²) < 4.78 is 1.58. The molecule has 0 unspecified atom stereocenters. The summed E-state index contributed by atoms with van der Waals surface area (Å²) in [5, 5.41) is 6.76. The number of nitrogen functional groups attached to an aromatic ring is 1. The summed E-state index contributed by atoms with van der Waals surface area (Å²) >= 11 is 0. The molecule has 5 nitrogen and oxygen atoms in total. The van der Waals surface area contributed by atoms with E-state index in [4.69, 9.17) is 5.73 Å². The van der Waals surface area contributed by atoms with Gasteiger partial charge < -0.3 is 11.1 Å². The van der Waals surface area contributed by atoms with Crippen LogP contribution in [-0.2, 0) is 18.4 Å². The lowest BCUT2D eigenvalue weighted by atomic mass is 10.2. The summed E-state index contributed by atoms with van der Waals surface area (Å²) in [5.74, 6) is 0.607. The first-order chi connectivity index (χ1) is 6.52. The zero-order valence-corrected chi connectivity index (χ0v) is 8.74. The fourth-order valence-electron chi connectivity index (χ4n) is 1.02. The fraction of sp³-hybridized carbons (Fsp3) is 0.556. The number of carbonyl (C=O) groups is 1. The van der Waals surface area contributed by atoms with Gasteiger partial charge in [0.1, 0.15) is 5.82 Å². The largest absolute Gasteiger partial charge is 0.384 e. The first-order valence-electron chi connectivity index (χ1n) is 4.56. The Hall–Kier alpha value is -1.52. The predicted molar refractivity (Wildman–Crippen MR) is 54.3 cm³/mol. The van der Waals surface area contributed by atoms with Crippen LogP contribution in [0.4, 0.5) is 5.82 Å². The van der Waals surface area contributed by atoms with Gasteiger partial charge in [-0.2, -0.15) is 5.10 Å². The summed E-state index contributed by atoms with van der Waals surface area (Å²) in [7, 11) is 1.77. The lowest BCUT2D eigenvalue weighted by molar-refractivity contribution is -0.124. The van der Waals surface area contributed by atoms with Crippen molar-refractivity contribution in [3.8, 4) is 0 Å². The van der Waals surface area contributed by atoms with Crippen molar-refractivity contribution in [3.63, 3.8) is 0 Å². The van der Waals surface area contributed by atoms with Crippen LogP contribution in [-0.4, -0.2) is 15.7 Å². The molecule has 5 heteroatoms. The minimum absolute atomic E-state index is 0.00658. The molecule has 1 heterocycles. The number of nitrogens with two attached hydrogens (primary N) is 1. The van der Waals surface area contributed by atoms with E-state index < -0.39 is 0 Å². The van der Waals surface area contributed by atoms with Crippen LogP contribution >= 0.6 is 0 Å². The molecule has 0 atom stereocenters. The Morgan fingerprint density at radius 3 is 2.79 bits per heavy atom. The summed E-state index contributed by atoms with van der Waals surface area (Å²) in [6, 6.07) is 0. The monoisotopic (exact) mass is 196 g/mol. The maximum absolute atomic E-state index is 11.3. The second kappa shape index (κ2) is 4.13. The number of carbonyl (C=O) groups excluding carboxylic acids is 1. The van der Waals surface area contributed by atoms with Crippen LogP contribution < -0.4 is 11.1 Å². The molecular weight excluding hydrogens is 180 g/mol. The van der Waals surface area contributed by atoms with Crippen molar-refractivity contribution in [1.82, 2.24) is 15.1 Å². The van der Waals surface area contributed by atoms with Gasteiger partial charge in [-0.25, -0.2) is 0 Å². The maximum Gasteiger partial charge on any atom is 0.222 e. The topological polar surface area (TPSA) is 72.9 Å². The van der Waals surface area contributed by atoms with Gasteiger partial charge in [-0.1, -0.05) is 13.8 Å². The Balaban J connectivity index is 2.54. The molecule has 78 valence electrons. The van der Waals surface area contributed by atoms with E-state index in [2.05, 4.69) is 10.4 Å². The van der Waals surface area contributed by atoms with E-state index in [1.54, 1.807) is 17.9 Å². The normalized spacial score (nSPS) is 10.6. The van der Waals surface area contributed by atoms with Crippen molar-refractivity contribution in [1.29, 1.82) is 0 Å². The van der Waals surface area contributed by atoms with Gasteiger partial charge >= 0.3 is 0 Å². The molecule has 1 aromatic heterocycles. The molecule has 3 N–H and O–H groups in total. The minimum Gasteiger partial charge on any atom is -0.384 e. The molecule has 0 aliphatic heterocycles. The Morgan fingerprint density at radius 2 is 2.36 bits per heavy atom. The number of nitrogens with one attached hydrogen (secondary N) is 1. The Morgan fingerprint density at radius 1 is 1.71 bits per heavy atom. The fourth-order valence-corrected chi connectivity index (χ4v) is 1.02. The number of aryl methyl sites for hydroxylation is 1. The molecule has 0 aliphatic carbocycles. The smallest absolute Gasteiger partial charge is 0.222 e. The van der Waals surface area contributed by atoms with Crippen molar-refractivity contribution >= 4 is 11.7 Å². The molecule has 0 radical (unpaired) electrons. The molecule has 1 aromatic rings. The third-order valence-electron chi connectivity index (χ3n) is 2.04. The van der Waals surface area contributed by atoms with Gasteiger partial charge in [0.25, 0.3) is 0 Å². The van der Waals surface area contributed by atoms with Crippen molar-refractivity contribution < 1.29 is 4.79 Å². The molecule has 14 heavy (non-hydrogen) atoms. The number of aromatic nitrogens is 2. The first-order valence-corrected chi connectivity index (χ1v) is 4.56. The van der Waals surface area contributed by atoms with E-state index in [0.29, 0.717) is 12.4 Å². The SMILES string of the molecule is CC(C)C(=O)NCc1cnn(C)c1N. The highest BCUT2D eigenvalue weighted by Crippen LogP contribution is 2.08. The van der Waals surface area contributed by atoms with Crippen molar-refractivity contribution in [2.45, 2.75) is 20.4 Å². The summed E-state index contributed by atoms with van der Waals surface area (Å²) in [5.41, 5.74) is 6.56. The maximum atomic E-state index is 11.3. The second-order valence-electron chi connectivity index (χ2n) is 3.55. The highest BCUT2D eigenvalue weighted by molar-refractivity contribution is 5.77. The van der Waals surface area contributed by atoms with Gasteiger partial charge in [0, 0.05) is 25.1 Å². The van der Waals surface area contributed by atoms with E-state index in [-0.39, 0.29) is 11.8 Å². The predicted octanol–water partition coefficient (Wildman–Crippen LogP) is 0.274. The number of nitrogens with zero attached hydrogens (tertiary/aromatic N) is 2. The lowest BCUT2D eigenvalue weighted by Crippen LogP contribution is -2.27. The van der Waals surface area contributed by atoms with Gasteiger partial charge in [-0.05, 0) is 0 Å². The van der Waals surface area contributed by atoms with Gasteiger partial charge in [0.2, 0.25) is 5.91 Å². The van der Waals surface area contributed by atoms with Gasteiger partial charge in [-0.3, -0.25) is 9.48 Å². The Kier molecular flexibility index (Phi) is 3.11. The van der Waals surface area contributed by atoms with Crippen LogP contribution in [0.1, 0.15) is 19.4 Å². The van der Waals surface area contributed by atoms with Crippen LogP contribution in [0.2, 0.25) is 0 Å². The molecule has 0 bridgehead atoms. The van der Waals surface area contributed by atoms with Crippen molar-refractivity contribution in [2.75, 3.05) is 5.73 Å². The Labute approximate surface area is 83.3 Å². The van der Waals surface area contributed by atoms with Crippen LogP contribution in [0.3, 0.4) is 0 Å². The number of hydrogen-bond donors (Lipinski definition) is 2. The minimum atomic E-state index is -0.00658. The lowest BCUT2D eigenvalue weighted by Gasteiger charge is -2.06. The van der Waals surface area contributed by atoms with Gasteiger partial charge in [0.15, 0.2) is 0 Å². The van der Waals surface area contributed by atoms with Crippen molar-refractivity contribution in [2.24, 2.45) is 13.0 Å². The molecule has 1 rings (SSSR count). The van der Waals surface area contributed by atoms with Crippen molar-refractivity contribution in [3.05, 3.63) is 11.8 Å². The first kappa shape index (κ1) is 10.6. The molecular formula is C9H16N4O. The number of hydrogen-bond acceptors (Lipinski definition) is 3. The standard InChI is InChI=1S/C9H16N4O/c1-6(2)9(14)11-4-7-5-12-13(3)8(7)10/h5-6H,4,10H2,1-3H3,(H,11,14). The molecule has 0 saturated heterocycles. The number of amides is 1. The van der Waals surface area contributed by atoms with E-state index in [9.17, 15) is 4.79 Å². The quantitative estimate of drug-likeness (QED) is 0.729. The van der Waals surface area contributed by atoms with Crippen LogP contribution in [0.15, 0.2) is 6.20 Å². The molecule has 0 saturated carbocycles.